The third-order valence-electron chi connectivity index (χ3n) is 4.90. The first-order valence-electron chi connectivity index (χ1n) is 9.18. The molecule has 0 bridgehead atoms. The Morgan fingerprint density at radius 2 is 2.03 bits per heavy atom. The molecule has 1 N–H and O–H groups in total. The number of hydrogen-bond donors (Lipinski definition) is 1. The maximum absolute atomic E-state index is 14.1. The topological polar surface area (TPSA) is 84.7 Å². The average Bonchev–Trinajstić information content (AvgIpc) is 3.06. The van der Waals surface area contributed by atoms with Crippen molar-refractivity contribution in [3.05, 3.63) is 69.3 Å². The summed E-state index contributed by atoms with van der Waals surface area (Å²) in [5.74, 6) is -2.81. The van der Waals surface area contributed by atoms with Crippen LogP contribution in [-0.4, -0.2) is 38.2 Å². The fourth-order valence-electron chi connectivity index (χ4n) is 3.56. The number of aromatic nitrogens is 2. The van der Waals surface area contributed by atoms with Gasteiger partial charge in [0.25, 0.3) is 5.91 Å². The monoisotopic (exact) mass is 491 g/mol. The van der Waals surface area contributed by atoms with Crippen molar-refractivity contribution in [3.8, 4) is 17.0 Å². The van der Waals surface area contributed by atoms with Crippen molar-refractivity contribution in [1.29, 1.82) is 0 Å². The number of carboxylic acids is 1. The second-order valence-electron chi connectivity index (χ2n) is 7.02. The first-order valence-corrected chi connectivity index (χ1v) is 9.97. The van der Waals surface area contributed by atoms with Gasteiger partial charge in [0.05, 0.1) is 5.69 Å². The molecule has 7 nitrogen and oxygen atoms in total. The minimum Gasteiger partial charge on any atom is -0.488 e. The second kappa shape index (κ2) is 8.10. The number of amides is 1. The van der Waals surface area contributed by atoms with Gasteiger partial charge in [-0.05, 0) is 36.4 Å². The molecule has 0 saturated heterocycles. The molecule has 2 heterocycles. The van der Waals surface area contributed by atoms with Crippen molar-refractivity contribution in [2.24, 2.45) is 7.05 Å². The molecule has 2 aromatic carbocycles. The Kier molecular flexibility index (Phi) is 5.48. The minimum atomic E-state index is -1.29. The van der Waals surface area contributed by atoms with Crippen LogP contribution in [0.3, 0.4) is 0 Å². The van der Waals surface area contributed by atoms with Gasteiger partial charge in [0.1, 0.15) is 30.5 Å². The lowest BCUT2D eigenvalue weighted by molar-refractivity contribution is -0.137. The molecule has 0 fully saturated rings. The predicted octanol–water partition coefficient (Wildman–Crippen LogP) is 3.75. The Labute approximate surface area is 184 Å². The molecule has 160 valence electrons. The van der Waals surface area contributed by atoms with E-state index in [0.717, 1.165) is 33.1 Å². The Morgan fingerprint density at radius 1 is 1.26 bits per heavy atom. The highest BCUT2D eigenvalue weighted by molar-refractivity contribution is 9.10. The summed E-state index contributed by atoms with van der Waals surface area (Å²) >= 11 is 3.41. The summed E-state index contributed by atoms with van der Waals surface area (Å²) in [6.07, 6.45) is 0. The maximum Gasteiger partial charge on any atom is 0.323 e. The van der Waals surface area contributed by atoms with E-state index in [0.29, 0.717) is 17.0 Å². The molecular weight excluding hydrogens is 476 g/mol. The van der Waals surface area contributed by atoms with Crippen molar-refractivity contribution in [1.82, 2.24) is 14.7 Å². The van der Waals surface area contributed by atoms with Gasteiger partial charge >= 0.3 is 5.97 Å². The zero-order valence-corrected chi connectivity index (χ0v) is 17.8. The Bertz CT molecular complexity index is 1210. The van der Waals surface area contributed by atoms with Crippen LogP contribution >= 0.6 is 15.9 Å². The summed E-state index contributed by atoms with van der Waals surface area (Å²) in [5.41, 5.74) is 1.75. The fourth-order valence-corrected chi connectivity index (χ4v) is 3.92. The minimum absolute atomic E-state index is 0.00110. The van der Waals surface area contributed by atoms with Crippen LogP contribution in [0, 0.1) is 11.6 Å². The summed E-state index contributed by atoms with van der Waals surface area (Å²) in [5, 5.41) is 13.6. The number of aryl methyl sites for hydroxylation is 1. The van der Waals surface area contributed by atoms with Gasteiger partial charge in [-0.3, -0.25) is 14.3 Å². The molecule has 3 aromatic rings. The van der Waals surface area contributed by atoms with Crippen molar-refractivity contribution < 1.29 is 28.2 Å². The molecular formula is C21H16BrF2N3O4. The lowest BCUT2D eigenvalue weighted by atomic mass is 10.0. The van der Waals surface area contributed by atoms with Gasteiger partial charge in [0.2, 0.25) is 0 Å². The molecule has 0 atom stereocenters. The quantitative estimate of drug-likeness (QED) is 0.587. The van der Waals surface area contributed by atoms with Gasteiger partial charge in [-0.1, -0.05) is 15.9 Å². The van der Waals surface area contributed by atoms with E-state index in [4.69, 9.17) is 4.74 Å². The number of nitrogens with zero attached hydrogens (tertiary/aromatic N) is 3. The van der Waals surface area contributed by atoms with E-state index in [-0.39, 0.29) is 17.9 Å². The molecule has 1 amide bonds. The van der Waals surface area contributed by atoms with Gasteiger partial charge in [0.15, 0.2) is 5.69 Å². The van der Waals surface area contributed by atoms with Crippen LogP contribution in [0.25, 0.3) is 11.3 Å². The summed E-state index contributed by atoms with van der Waals surface area (Å²) in [4.78, 5) is 25.5. The summed E-state index contributed by atoms with van der Waals surface area (Å²) < 4.78 is 35.8. The van der Waals surface area contributed by atoms with E-state index < -0.39 is 36.6 Å². The Morgan fingerprint density at radius 3 is 2.77 bits per heavy atom. The average molecular weight is 492 g/mol. The van der Waals surface area contributed by atoms with Crippen LogP contribution in [0.1, 0.15) is 21.6 Å². The van der Waals surface area contributed by atoms with Crippen LogP contribution in [0.15, 0.2) is 40.9 Å². The lowest BCUT2D eigenvalue weighted by Gasteiger charge is -2.22. The number of carboxylic acid groups (broad SMARTS) is 1. The van der Waals surface area contributed by atoms with Crippen LogP contribution in [0.5, 0.6) is 5.75 Å². The normalized spacial score (nSPS) is 12.0. The van der Waals surface area contributed by atoms with Crippen LogP contribution < -0.4 is 4.74 Å². The third kappa shape index (κ3) is 4.02. The smallest absolute Gasteiger partial charge is 0.323 e. The van der Waals surface area contributed by atoms with E-state index in [2.05, 4.69) is 21.0 Å². The zero-order chi connectivity index (χ0) is 22.3. The molecule has 10 heteroatoms. The molecule has 1 aliphatic heterocycles. The highest BCUT2D eigenvalue weighted by Gasteiger charge is 2.31. The van der Waals surface area contributed by atoms with E-state index >= 15 is 0 Å². The summed E-state index contributed by atoms with van der Waals surface area (Å²) in [7, 11) is 1.67. The van der Waals surface area contributed by atoms with Gasteiger partial charge < -0.3 is 14.7 Å². The van der Waals surface area contributed by atoms with E-state index in [1.54, 1.807) is 13.1 Å². The van der Waals surface area contributed by atoms with Crippen LogP contribution in [0.4, 0.5) is 8.78 Å². The zero-order valence-electron chi connectivity index (χ0n) is 16.2. The highest BCUT2D eigenvalue weighted by atomic mass is 79.9. The van der Waals surface area contributed by atoms with Gasteiger partial charge in [-0.25, -0.2) is 8.78 Å². The number of hydrogen-bond acceptors (Lipinski definition) is 4. The van der Waals surface area contributed by atoms with Crippen molar-refractivity contribution >= 4 is 27.8 Å². The van der Waals surface area contributed by atoms with Crippen LogP contribution in [0.2, 0.25) is 0 Å². The first-order chi connectivity index (χ1) is 14.7. The van der Waals surface area contributed by atoms with Crippen molar-refractivity contribution in [2.75, 3.05) is 6.54 Å². The number of aliphatic carboxylic acids is 1. The number of halogens is 3. The molecule has 0 spiro atoms. The predicted molar refractivity (Wildman–Crippen MR) is 109 cm³/mol. The summed E-state index contributed by atoms with van der Waals surface area (Å²) in [6, 6.07) is 8.26. The second-order valence-corrected chi connectivity index (χ2v) is 7.93. The molecule has 0 aliphatic carbocycles. The number of rotatable bonds is 5. The molecule has 0 radical (unpaired) electrons. The summed E-state index contributed by atoms with van der Waals surface area (Å²) in [6.45, 7) is -1.07. The largest absolute Gasteiger partial charge is 0.488 e. The van der Waals surface area contributed by atoms with Gasteiger partial charge in [-0.15, -0.1) is 0 Å². The lowest BCUT2D eigenvalue weighted by Crippen LogP contribution is -2.36. The standard InChI is InChI=1S/C21H16BrF2N3O4/c1-26-20-14-7-12(22)2-5-17(14)31-10-15(20)19(25-26)21(30)27(9-18(28)29)8-11-6-13(23)3-4-16(11)24/h2-7H,8-10H2,1H3,(H,28,29). The third-order valence-corrected chi connectivity index (χ3v) is 5.39. The Hall–Kier alpha value is -3.27. The van der Waals surface area contributed by atoms with Crippen molar-refractivity contribution in [3.63, 3.8) is 0 Å². The van der Waals surface area contributed by atoms with E-state index in [1.807, 2.05) is 12.1 Å². The number of benzene rings is 2. The van der Waals surface area contributed by atoms with Gasteiger partial charge in [0, 0.05) is 34.8 Å². The highest BCUT2D eigenvalue weighted by Crippen LogP contribution is 2.40. The molecule has 1 aliphatic rings. The number of fused-ring (bicyclic) bond motifs is 3. The molecule has 0 unspecified atom stereocenters. The van der Waals surface area contributed by atoms with E-state index in [9.17, 15) is 23.5 Å². The maximum atomic E-state index is 14.1. The Balaban J connectivity index is 1.74. The first kappa shape index (κ1) is 21.0. The van der Waals surface area contributed by atoms with E-state index in [1.165, 1.54) is 4.68 Å². The number of ether oxygens (including phenoxy) is 1. The SMILES string of the molecule is Cn1nc(C(=O)N(CC(=O)O)Cc2cc(F)ccc2F)c2c1-c1cc(Br)ccc1OC2. The fraction of sp³-hybridized carbons (Fsp3) is 0.190. The molecule has 0 saturated carbocycles. The molecule has 4 rings (SSSR count). The number of carbonyl (C=O) groups excluding carboxylic acids is 1. The van der Waals surface area contributed by atoms with Crippen LogP contribution in [-0.2, 0) is 25.0 Å². The molecule has 1 aromatic heterocycles. The van der Waals surface area contributed by atoms with Gasteiger partial charge in [-0.2, -0.15) is 5.10 Å². The molecule has 31 heavy (non-hydrogen) atoms. The number of carbonyl (C=O) groups is 2. The van der Waals surface area contributed by atoms with Crippen molar-refractivity contribution in [2.45, 2.75) is 13.2 Å².